The number of carbonyl (C=O) groups excluding carboxylic acids is 1. The van der Waals surface area contributed by atoms with Gasteiger partial charge in [-0.1, -0.05) is 6.58 Å². The third-order valence-electron chi connectivity index (χ3n) is 2.02. The largest absolute Gasteiger partial charge is 0.458 e. The highest BCUT2D eigenvalue weighted by atomic mass is 28.4. The van der Waals surface area contributed by atoms with Gasteiger partial charge in [-0.05, 0) is 45.6 Å². The lowest BCUT2D eigenvalue weighted by atomic mass is 10.3. The van der Waals surface area contributed by atoms with Gasteiger partial charge in [0, 0.05) is 12.1 Å². The standard InChI is InChI=1S/C11H25NO2Si2/c1-10(2)11(13)12-8-7-9-15(3)14-16(4,5)6/h15H,1,7-9H2,2-6H3,(H,12,13). The van der Waals surface area contributed by atoms with Crippen molar-refractivity contribution >= 4 is 23.3 Å². The van der Waals surface area contributed by atoms with Crippen LogP contribution in [0.4, 0.5) is 0 Å². The first-order valence-electron chi connectivity index (χ1n) is 5.84. The van der Waals surface area contributed by atoms with Crippen LogP contribution in [0.1, 0.15) is 13.3 Å². The molecule has 16 heavy (non-hydrogen) atoms. The third kappa shape index (κ3) is 8.88. The summed E-state index contributed by atoms with van der Waals surface area (Å²) in [7, 11) is -2.39. The first kappa shape index (κ1) is 15.6. The maximum Gasteiger partial charge on any atom is 0.246 e. The summed E-state index contributed by atoms with van der Waals surface area (Å²) in [6.07, 6.45) is 1.01. The molecule has 0 spiro atoms. The molecule has 0 heterocycles. The highest BCUT2D eigenvalue weighted by Gasteiger charge is 2.18. The van der Waals surface area contributed by atoms with E-state index < -0.39 is 17.4 Å². The molecular weight excluding hydrogens is 234 g/mol. The fraction of sp³-hybridized carbons (Fsp3) is 0.727. The molecule has 1 unspecified atom stereocenters. The second-order valence-electron chi connectivity index (χ2n) is 5.22. The summed E-state index contributed by atoms with van der Waals surface area (Å²) in [6.45, 7) is 15.0. The maximum atomic E-state index is 11.2. The van der Waals surface area contributed by atoms with Crippen molar-refractivity contribution < 1.29 is 8.91 Å². The number of rotatable bonds is 7. The number of amides is 1. The van der Waals surface area contributed by atoms with Crippen molar-refractivity contribution in [3.63, 3.8) is 0 Å². The van der Waals surface area contributed by atoms with E-state index in [4.69, 9.17) is 4.12 Å². The lowest BCUT2D eigenvalue weighted by molar-refractivity contribution is -0.117. The molecule has 94 valence electrons. The first-order chi connectivity index (χ1) is 7.22. The maximum absolute atomic E-state index is 11.2. The zero-order valence-electron chi connectivity index (χ0n) is 11.2. The Kier molecular flexibility index (Phi) is 6.86. The lowest BCUT2D eigenvalue weighted by Gasteiger charge is -2.22. The predicted molar refractivity (Wildman–Crippen MR) is 74.7 cm³/mol. The SMILES string of the molecule is C=C(C)C(=O)NCCC[SiH](C)O[Si](C)(C)C. The fourth-order valence-corrected chi connectivity index (χ4v) is 7.48. The van der Waals surface area contributed by atoms with Crippen LogP contribution in [-0.4, -0.2) is 29.8 Å². The molecule has 5 heteroatoms. The van der Waals surface area contributed by atoms with Crippen LogP contribution in [0.3, 0.4) is 0 Å². The second kappa shape index (κ2) is 7.03. The molecule has 0 aliphatic heterocycles. The molecule has 0 radical (unpaired) electrons. The highest BCUT2D eigenvalue weighted by Crippen LogP contribution is 2.08. The Bertz CT molecular complexity index is 249. The number of hydrogen-bond acceptors (Lipinski definition) is 2. The molecule has 0 aromatic rings. The van der Waals surface area contributed by atoms with Crippen LogP contribution in [-0.2, 0) is 8.91 Å². The predicted octanol–water partition coefficient (Wildman–Crippen LogP) is 2.27. The van der Waals surface area contributed by atoms with Crippen molar-refractivity contribution in [3.05, 3.63) is 12.2 Å². The zero-order valence-corrected chi connectivity index (χ0v) is 13.4. The van der Waals surface area contributed by atoms with Gasteiger partial charge in [0.15, 0.2) is 17.4 Å². The summed E-state index contributed by atoms with van der Waals surface area (Å²) in [6, 6.07) is 1.13. The molecule has 0 bridgehead atoms. The van der Waals surface area contributed by atoms with E-state index >= 15 is 0 Å². The molecule has 1 amide bonds. The molecule has 0 rings (SSSR count). The fourth-order valence-electron chi connectivity index (χ4n) is 1.40. The van der Waals surface area contributed by atoms with Crippen molar-refractivity contribution in [1.29, 1.82) is 0 Å². The quantitative estimate of drug-likeness (QED) is 0.433. The molecular formula is C11H25NO2Si2. The number of carbonyl (C=O) groups is 1. The van der Waals surface area contributed by atoms with Crippen LogP contribution in [0.5, 0.6) is 0 Å². The Balaban J connectivity index is 3.60. The van der Waals surface area contributed by atoms with Crippen LogP contribution >= 0.6 is 0 Å². The number of hydrogen-bond donors (Lipinski definition) is 1. The van der Waals surface area contributed by atoms with Crippen LogP contribution in [0.2, 0.25) is 32.2 Å². The minimum Gasteiger partial charge on any atom is -0.458 e. The third-order valence-corrected chi connectivity index (χ3v) is 7.67. The van der Waals surface area contributed by atoms with Gasteiger partial charge in [0.25, 0.3) is 0 Å². The Morgan fingerprint density at radius 2 is 2.00 bits per heavy atom. The van der Waals surface area contributed by atoms with Crippen molar-refractivity contribution in [2.24, 2.45) is 0 Å². The minimum atomic E-state index is -1.36. The van der Waals surface area contributed by atoms with Gasteiger partial charge in [0.05, 0.1) is 0 Å². The van der Waals surface area contributed by atoms with Gasteiger partial charge in [-0.2, -0.15) is 0 Å². The van der Waals surface area contributed by atoms with E-state index in [0.29, 0.717) is 5.57 Å². The van der Waals surface area contributed by atoms with Crippen molar-refractivity contribution in [3.8, 4) is 0 Å². The van der Waals surface area contributed by atoms with Crippen LogP contribution in [0.25, 0.3) is 0 Å². The van der Waals surface area contributed by atoms with Gasteiger partial charge in [-0.3, -0.25) is 4.79 Å². The second-order valence-corrected chi connectivity index (χ2v) is 12.6. The highest BCUT2D eigenvalue weighted by molar-refractivity contribution is 6.77. The molecule has 0 saturated carbocycles. The van der Waals surface area contributed by atoms with Crippen LogP contribution < -0.4 is 5.32 Å². The minimum absolute atomic E-state index is 0.0413. The van der Waals surface area contributed by atoms with Crippen molar-refractivity contribution in [2.45, 2.75) is 45.6 Å². The average molecular weight is 259 g/mol. The molecule has 0 aliphatic carbocycles. The summed E-state index contributed by atoms with van der Waals surface area (Å²) in [5.41, 5.74) is 0.573. The van der Waals surface area contributed by atoms with Crippen LogP contribution in [0, 0.1) is 0 Å². The summed E-state index contributed by atoms with van der Waals surface area (Å²) >= 11 is 0. The van der Waals surface area contributed by atoms with E-state index in [9.17, 15) is 4.79 Å². The smallest absolute Gasteiger partial charge is 0.246 e. The van der Waals surface area contributed by atoms with E-state index in [1.54, 1.807) is 6.92 Å². The molecule has 0 saturated heterocycles. The van der Waals surface area contributed by atoms with Gasteiger partial charge in [0.1, 0.15) is 0 Å². The summed E-state index contributed by atoms with van der Waals surface area (Å²) < 4.78 is 6.04. The van der Waals surface area contributed by atoms with Crippen molar-refractivity contribution in [2.75, 3.05) is 6.54 Å². The average Bonchev–Trinajstić information content (AvgIpc) is 2.08. The van der Waals surface area contributed by atoms with E-state index in [0.717, 1.165) is 19.0 Å². The molecule has 0 fully saturated rings. The topological polar surface area (TPSA) is 38.3 Å². The van der Waals surface area contributed by atoms with Gasteiger partial charge in [0.2, 0.25) is 5.91 Å². The first-order valence-corrected chi connectivity index (χ1v) is 11.7. The van der Waals surface area contributed by atoms with E-state index in [2.05, 4.69) is 38.1 Å². The van der Waals surface area contributed by atoms with E-state index in [1.807, 2.05) is 0 Å². The van der Waals surface area contributed by atoms with E-state index in [1.165, 1.54) is 0 Å². The zero-order chi connectivity index (χ0) is 12.8. The normalized spacial score (nSPS) is 13.3. The summed E-state index contributed by atoms with van der Waals surface area (Å²) in [5.74, 6) is -0.0413. The Morgan fingerprint density at radius 1 is 1.44 bits per heavy atom. The monoisotopic (exact) mass is 259 g/mol. The van der Waals surface area contributed by atoms with Gasteiger partial charge in [-0.15, -0.1) is 0 Å². The van der Waals surface area contributed by atoms with Crippen LogP contribution in [0.15, 0.2) is 12.2 Å². The van der Waals surface area contributed by atoms with Gasteiger partial charge >= 0.3 is 0 Å². The molecule has 0 aliphatic rings. The summed E-state index contributed by atoms with van der Waals surface area (Å²) in [4.78, 5) is 11.2. The molecule has 0 aromatic carbocycles. The molecule has 0 aromatic heterocycles. The van der Waals surface area contributed by atoms with E-state index in [-0.39, 0.29) is 5.91 Å². The van der Waals surface area contributed by atoms with Crippen molar-refractivity contribution in [1.82, 2.24) is 5.32 Å². The van der Waals surface area contributed by atoms with Gasteiger partial charge < -0.3 is 9.43 Å². The molecule has 1 N–H and O–H groups in total. The van der Waals surface area contributed by atoms with Gasteiger partial charge in [-0.25, -0.2) is 0 Å². The Hall–Kier alpha value is -0.396. The molecule has 1 atom stereocenters. The molecule has 3 nitrogen and oxygen atoms in total. The Labute approximate surface area is 102 Å². The lowest BCUT2D eigenvalue weighted by Crippen LogP contribution is -2.33. The number of nitrogens with one attached hydrogen (secondary N) is 1. The summed E-state index contributed by atoms with van der Waals surface area (Å²) in [5, 5.41) is 2.84. The Morgan fingerprint density at radius 3 is 2.44 bits per heavy atom.